The van der Waals surface area contributed by atoms with Gasteiger partial charge in [0.2, 0.25) is 12.1 Å². The van der Waals surface area contributed by atoms with Gasteiger partial charge in [0.05, 0.1) is 12.8 Å². The summed E-state index contributed by atoms with van der Waals surface area (Å²) in [5.74, 6) is -1.82. The van der Waals surface area contributed by atoms with Crippen molar-refractivity contribution in [2.75, 3.05) is 0 Å². The van der Waals surface area contributed by atoms with E-state index in [0.717, 1.165) is 19.3 Å². The number of ether oxygens (including phenoxy) is 3. The van der Waals surface area contributed by atoms with Gasteiger partial charge in [0.1, 0.15) is 0 Å². The van der Waals surface area contributed by atoms with Gasteiger partial charge in [0, 0.05) is 18.3 Å². The molecule has 0 radical (unpaired) electrons. The lowest BCUT2D eigenvalue weighted by atomic mass is 9.58. The van der Waals surface area contributed by atoms with Crippen molar-refractivity contribution in [1.82, 2.24) is 0 Å². The molecule has 5 aliphatic rings. The zero-order valence-corrected chi connectivity index (χ0v) is 16.0. The third-order valence-corrected chi connectivity index (χ3v) is 6.89. The van der Waals surface area contributed by atoms with E-state index in [4.69, 9.17) is 29.1 Å². The Bertz CT molecular complexity index is 623. The normalized spacial score (nSPS) is 48.4. The summed E-state index contributed by atoms with van der Waals surface area (Å²) in [4.78, 5) is 34.5. The number of aliphatic carboxylic acids is 1. The van der Waals surface area contributed by atoms with E-state index in [0.29, 0.717) is 12.3 Å². The van der Waals surface area contributed by atoms with Gasteiger partial charge in [0.25, 0.3) is 0 Å². The highest BCUT2D eigenvalue weighted by molar-refractivity contribution is 5.76. The van der Waals surface area contributed by atoms with Gasteiger partial charge in [-0.15, -0.1) is 0 Å². The molecule has 8 atom stereocenters. The van der Waals surface area contributed by atoms with E-state index in [2.05, 4.69) is 6.92 Å². The highest BCUT2D eigenvalue weighted by Crippen LogP contribution is 2.60. The van der Waals surface area contributed by atoms with Gasteiger partial charge in [-0.25, -0.2) is 9.78 Å². The Morgan fingerprint density at radius 3 is 2.63 bits per heavy atom. The Labute approximate surface area is 158 Å². The first-order chi connectivity index (χ1) is 12.7. The first-order valence-corrected chi connectivity index (χ1v) is 9.86. The van der Waals surface area contributed by atoms with Crippen LogP contribution in [0.25, 0.3) is 0 Å². The van der Waals surface area contributed by atoms with Crippen LogP contribution in [0.3, 0.4) is 0 Å². The Morgan fingerprint density at radius 1 is 1.11 bits per heavy atom. The van der Waals surface area contributed by atoms with Gasteiger partial charge >= 0.3 is 11.9 Å². The fourth-order valence-electron chi connectivity index (χ4n) is 5.40. The number of hydrogen-bond donors (Lipinski definition) is 1. The molecule has 2 unspecified atom stereocenters. The third kappa shape index (κ3) is 3.06. The van der Waals surface area contributed by atoms with E-state index < -0.39 is 35.9 Å². The second-order valence-electron chi connectivity index (χ2n) is 8.66. The average molecular weight is 384 g/mol. The van der Waals surface area contributed by atoms with Gasteiger partial charge in [0.15, 0.2) is 11.9 Å². The predicted molar refractivity (Wildman–Crippen MR) is 89.8 cm³/mol. The largest absolute Gasteiger partial charge is 0.481 e. The number of carboxylic acids is 1. The van der Waals surface area contributed by atoms with E-state index in [1.54, 1.807) is 0 Å². The summed E-state index contributed by atoms with van der Waals surface area (Å²) in [6.45, 7) is 6.06. The SMILES string of the molecule is C[C@@H]1CC[C@H]2[C@@H](C)C(OC(=O)CCC(=O)O)O[C@@H]3O[C@]4(C)CC[C@@H]1C32OO4. The smallest absolute Gasteiger partial charge is 0.308 e. The highest BCUT2D eigenvalue weighted by Gasteiger charge is 2.69. The molecule has 4 aliphatic heterocycles. The molecule has 0 aromatic heterocycles. The summed E-state index contributed by atoms with van der Waals surface area (Å²) < 4.78 is 17.8. The second-order valence-corrected chi connectivity index (χ2v) is 8.66. The zero-order chi connectivity index (χ0) is 19.4. The Kier molecular flexibility index (Phi) is 4.73. The number of carbonyl (C=O) groups is 2. The van der Waals surface area contributed by atoms with E-state index in [-0.39, 0.29) is 30.6 Å². The minimum Gasteiger partial charge on any atom is -0.481 e. The van der Waals surface area contributed by atoms with Crippen molar-refractivity contribution >= 4 is 11.9 Å². The number of esters is 1. The van der Waals surface area contributed by atoms with Crippen molar-refractivity contribution in [3.63, 3.8) is 0 Å². The first-order valence-electron chi connectivity index (χ1n) is 9.86. The quantitative estimate of drug-likeness (QED) is 0.583. The number of hydrogen-bond acceptors (Lipinski definition) is 7. The lowest BCUT2D eigenvalue weighted by molar-refractivity contribution is -0.576. The van der Waals surface area contributed by atoms with E-state index >= 15 is 0 Å². The van der Waals surface area contributed by atoms with Gasteiger partial charge in [-0.2, -0.15) is 0 Å². The van der Waals surface area contributed by atoms with Crippen LogP contribution in [0.4, 0.5) is 0 Å². The van der Waals surface area contributed by atoms with Gasteiger partial charge < -0.3 is 19.3 Å². The van der Waals surface area contributed by atoms with Crippen molar-refractivity contribution in [2.24, 2.45) is 23.7 Å². The molecule has 1 N–H and O–H groups in total. The summed E-state index contributed by atoms with van der Waals surface area (Å²) in [7, 11) is 0. The lowest BCUT2D eigenvalue weighted by Crippen LogP contribution is -2.70. The number of carbonyl (C=O) groups excluding carboxylic acids is 1. The molecule has 27 heavy (non-hydrogen) atoms. The number of carboxylic acid groups (broad SMARTS) is 1. The summed E-state index contributed by atoms with van der Waals surface area (Å²) >= 11 is 0. The minimum absolute atomic E-state index is 0.0670. The Morgan fingerprint density at radius 2 is 1.89 bits per heavy atom. The average Bonchev–Trinajstić information content (AvgIpc) is 2.84. The summed E-state index contributed by atoms with van der Waals surface area (Å²) in [5.41, 5.74) is -0.697. The molecule has 0 amide bonds. The monoisotopic (exact) mass is 384 g/mol. The van der Waals surface area contributed by atoms with Gasteiger partial charge in [-0.3, -0.25) is 9.59 Å². The van der Waals surface area contributed by atoms with Crippen LogP contribution in [0.1, 0.15) is 59.3 Å². The van der Waals surface area contributed by atoms with E-state index in [9.17, 15) is 9.59 Å². The fourth-order valence-corrected chi connectivity index (χ4v) is 5.40. The molecular formula is C19H28O8. The Balaban J connectivity index is 1.58. The van der Waals surface area contributed by atoms with Crippen molar-refractivity contribution in [2.45, 2.75) is 83.3 Å². The van der Waals surface area contributed by atoms with E-state index in [1.807, 2.05) is 13.8 Å². The minimum atomic E-state index is -1.03. The molecular weight excluding hydrogens is 356 g/mol. The highest BCUT2D eigenvalue weighted by atomic mass is 17.3. The molecule has 4 saturated heterocycles. The molecule has 8 heteroatoms. The molecule has 1 aliphatic carbocycles. The molecule has 5 fully saturated rings. The number of fused-ring (bicyclic) bond motifs is 2. The lowest BCUT2D eigenvalue weighted by Gasteiger charge is -2.59. The Hall–Kier alpha value is -1.22. The summed E-state index contributed by atoms with van der Waals surface area (Å²) in [5, 5.41) is 8.76. The van der Waals surface area contributed by atoms with Crippen molar-refractivity contribution in [3.05, 3.63) is 0 Å². The third-order valence-electron chi connectivity index (χ3n) is 6.89. The van der Waals surface area contributed by atoms with Crippen molar-refractivity contribution in [3.8, 4) is 0 Å². The van der Waals surface area contributed by atoms with Crippen LogP contribution >= 0.6 is 0 Å². The standard InChI is InChI=1S/C19H28O8/c1-10-4-5-13-11(2)16(23-15(22)7-6-14(20)21)24-17-19(13)12(10)8-9-18(3,25-17)26-27-19/h10-13,16-17H,4-9H2,1-3H3,(H,20,21)/t10-,11-,12+,13+,16?,17-,18+,19?/m1/s1. The number of rotatable bonds is 4. The van der Waals surface area contributed by atoms with Crippen LogP contribution in [0.2, 0.25) is 0 Å². The van der Waals surface area contributed by atoms with Crippen LogP contribution in [-0.2, 0) is 33.6 Å². The van der Waals surface area contributed by atoms with Crippen LogP contribution in [0, 0.1) is 23.7 Å². The maximum absolute atomic E-state index is 12.1. The van der Waals surface area contributed by atoms with Gasteiger partial charge in [-0.1, -0.05) is 13.8 Å². The maximum atomic E-state index is 12.1. The molecule has 4 heterocycles. The fraction of sp³-hybridized carbons (Fsp3) is 0.895. The second kappa shape index (κ2) is 6.69. The molecule has 5 rings (SSSR count). The van der Waals surface area contributed by atoms with Crippen molar-refractivity contribution in [1.29, 1.82) is 0 Å². The van der Waals surface area contributed by atoms with Crippen LogP contribution < -0.4 is 0 Å². The zero-order valence-electron chi connectivity index (χ0n) is 16.0. The molecule has 2 bridgehead atoms. The topological polar surface area (TPSA) is 101 Å². The first kappa shape index (κ1) is 19.1. The summed E-state index contributed by atoms with van der Waals surface area (Å²) in [6, 6.07) is 0. The molecule has 0 aromatic rings. The molecule has 1 saturated carbocycles. The molecule has 0 aromatic carbocycles. The molecule has 1 spiro atoms. The predicted octanol–water partition coefficient (Wildman–Crippen LogP) is 2.60. The molecule has 8 nitrogen and oxygen atoms in total. The van der Waals surface area contributed by atoms with Gasteiger partial charge in [-0.05, 0) is 38.0 Å². The van der Waals surface area contributed by atoms with E-state index in [1.165, 1.54) is 0 Å². The van der Waals surface area contributed by atoms with Crippen LogP contribution in [0.15, 0.2) is 0 Å². The van der Waals surface area contributed by atoms with Crippen LogP contribution in [0.5, 0.6) is 0 Å². The maximum Gasteiger partial charge on any atom is 0.308 e. The molecule has 152 valence electrons. The van der Waals surface area contributed by atoms with Crippen molar-refractivity contribution < 1.29 is 38.7 Å². The van der Waals surface area contributed by atoms with Crippen LogP contribution in [-0.4, -0.2) is 41.0 Å². The summed E-state index contributed by atoms with van der Waals surface area (Å²) in [6.07, 6.45) is 1.72.